The van der Waals surface area contributed by atoms with Gasteiger partial charge in [0.2, 0.25) is 5.91 Å². The molecular formula is C39H65NO8. The highest BCUT2D eigenvalue weighted by molar-refractivity contribution is 5.76. The highest BCUT2D eigenvalue weighted by atomic mass is 16.7. The molecule has 9 nitrogen and oxygen atoms in total. The van der Waals surface area contributed by atoms with E-state index in [-0.39, 0.29) is 12.5 Å². The Morgan fingerprint density at radius 2 is 1.29 bits per heavy atom. The fourth-order valence-corrected chi connectivity index (χ4v) is 5.06. The van der Waals surface area contributed by atoms with Crippen molar-refractivity contribution in [3.05, 3.63) is 72.9 Å². The number of allylic oxidation sites excluding steroid dienone is 11. The summed E-state index contributed by atoms with van der Waals surface area (Å²) in [5, 5.41) is 53.5. The molecular weight excluding hydrogens is 610 g/mol. The van der Waals surface area contributed by atoms with Crippen LogP contribution in [-0.4, -0.2) is 87.5 Å². The Kier molecular flexibility index (Phi) is 26.9. The van der Waals surface area contributed by atoms with Gasteiger partial charge in [-0.2, -0.15) is 0 Å². The number of amides is 1. The zero-order valence-electron chi connectivity index (χ0n) is 29.5. The molecule has 1 aliphatic heterocycles. The Morgan fingerprint density at radius 1 is 0.729 bits per heavy atom. The van der Waals surface area contributed by atoms with Gasteiger partial charge in [-0.25, -0.2) is 0 Å². The first kappa shape index (κ1) is 43.7. The van der Waals surface area contributed by atoms with Gasteiger partial charge in [-0.1, -0.05) is 112 Å². The average Bonchev–Trinajstić information content (AvgIpc) is 3.08. The molecule has 9 heteroatoms. The zero-order valence-corrected chi connectivity index (χ0v) is 29.5. The molecule has 0 spiro atoms. The molecule has 0 radical (unpaired) electrons. The predicted octanol–water partition coefficient (Wildman–Crippen LogP) is 5.88. The van der Waals surface area contributed by atoms with Crippen LogP contribution >= 0.6 is 0 Å². The maximum Gasteiger partial charge on any atom is 0.220 e. The number of aliphatic hydroxyl groups is 5. The van der Waals surface area contributed by atoms with Crippen LogP contribution in [0, 0.1) is 0 Å². The minimum absolute atomic E-state index is 0.208. The molecule has 0 aliphatic carbocycles. The van der Waals surface area contributed by atoms with Crippen LogP contribution in [0.2, 0.25) is 0 Å². The van der Waals surface area contributed by atoms with Gasteiger partial charge in [0.05, 0.1) is 25.4 Å². The minimum atomic E-state index is -1.57. The molecule has 1 rings (SSSR count). The molecule has 1 heterocycles. The van der Waals surface area contributed by atoms with Gasteiger partial charge in [-0.15, -0.1) is 0 Å². The third kappa shape index (κ3) is 20.9. The van der Waals surface area contributed by atoms with Crippen LogP contribution in [0.25, 0.3) is 0 Å². The number of hydrogen-bond donors (Lipinski definition) is 6. The van der Waals surface area contributed by atoms with E-state index in [2.05, 4.69) is 79.9 Å². The standard InChI is InChI=1S/C39H65NO8/c1-3-5-7-9-11-12-13-14-15-16-17-18-19-20-21-22-23-25-27-29-35(43)40-32(33(42)28-26-24-10-8-6-4-2)31-47-39-38(46)37(45)36(44)34(30-41)48-39/h5,7,11-12,14-15,17-18,20-21,26,28,32-34,36-39,41-42,44-46H,3-4,6,8-10,13,16,19,22-25,27,29-31H2,1-2H3,(H,40,43)/b7-5-,12-11-,15-14-,18-17-,21-20-,28-26+. The van der Waals surface area contributed by atoms with E-state index in [0.29, 0.717) is 12.8 Å². The van der Waals surface area contributed by atoms with Gasteiger partial charge in [-0.3, -0.25) is 4.79 Å². The molecule has 7 atom stereocenters. The molecule has 0 saturated carbocycles. The van der Waals surface area contributed by atoms with Gasteiger partial charge < -0.3 is 40.3 Å². The molecule has 1 fully saturated rings. The van der Waals surface area contributed by atoms with E-state index < -0.39 is 49.5 Å². The summed E-state index contributed by atoms with van der Waals surface area (Å²) in [4.78, 5) is 12.8. The third-order valence-corrected chi connectivity index (χ3v) is 8.04. The largest absolute Gasteiger partial charge is 0.394 e. The predicted molar refractivity (Wildman–Crippen MR) is 193 cm³/mol. The lowest BCUT2D eigenvalue weighted by Crippen LogP contribution is -2.60. The minimum Gasteiger partial charge on any atom is -0.394 e. The summed E-state index contributed by atoms with van der Waals surface area (Å²) in [6, 6.07) is -0.821. The van der Waals surface area contributed by atoms with E-state index in [1.165, 1.54) is 0 Å². The molecule has 274 valence electrons. The first-order valence-electron chi connectivity index (χ1n) is 18.2. The number of rotatable bonds is 27. The molecule has 0 aromatic carbocycles. The summed E-state index contributed by atoms with van der Waals surface area (Å²) in [5.74, 6) is -0.220. The van der Waals surface area contributed by atoms with Crippen molar-refractivity contribution in [2.24, 2.45) is 0 Å². The molecule has 1 saturated heterocycles. The molecule has 48 heavy (non-hydrogen) atoms. The van der Waals surface area contributed by atoms with Gasteiger partial charge in [0.25, 0.3) is 0 Å². The summed E-state index contributed by atoms with van der Waals surface area (Å²) in [5.41, 5.74) is 0. The van der Waals surface area contributed by atoms with E-state index in [4.69, 9.17) is 9.47 Å². The molecule has 0 aromatic rings. The van der Waals surface area contributed by atoms with Crippen molar-refractivity contribution in [2.45, 2.75) is 153 Å². The van der Waals surface area contributed by atoms with Crippen LogP contribution in [0.1, 0.15) is 110 Å². The molecule has 0 aromatic heterocycles. The van der Waals surface area contributed by atoms with E-state index in [1.54, 1.807) is 6.08 Å². The number of hydrogen-bond acceptors (Lipinski definition) is 8. The van der Waals surface area contributed by atoms with Crippen LogP contribution in [0.4, 0.5) is 0 Å². The Hall–Kier alpha value is -2.37. The SMILES string of the molecule is CC/C=C\C/C=C\C/C=C\C/C=C\C/C=C\CCCCCC(=O)NC(COC1OC(CO)C(O)C(O)C1O)C(O)/C=C/CCCCCC. The average molecular weight is 676 g/mol. The summed E-state index contributed by atoms with van der Waals surface area (Å²) < 4.78 is 11.1. The Labute approximate surface area is 289 Å². The van der Waals surface area contributed by atoms with Gasteiger partial charge in [0.15, 0.2) is 6.29 Å². The summed E-state index contributed by atoms with van der Waals surface area (Å²) >= 11 is 0. The Morgan fingerprint density at radius 3 is 1.88 bits per heavy atom. The maximum absolute atomic E-state index is 12.8. The van der Waals surface area contributed by atoms with Gasteiger partial charge in [0.1, 0.15) is 24.4 Å². The topological polar surface area (TPSA) is 149 Å². The normalized spacial score (nSPS) is 23.5. The molecule has 7 unspecified atom stereocenters. The number of nitrogens with one attached hydrogen (secondary N) is 1. The van der Waals surface area contributed by atoms with Crippen LogP contribution in [-0.2, 0) is 14.3 Å². The number of unbranched alkanes of at least 4 members (excludes halogenated alkanes) is 7. The molecule has 6 N–H and O–H groups in total. The highest BCUT2D eigenvalue weighted by Gasteiger charge is 2.44. The summed E-state index contributed by atoms with van der Waals surface area (Å²) in [6.07, 6.45) is 31.2. The van der Waals surface area contributed by atoms with Crippen molar-refractivity contribution in [3.63, 3.8) is 0 Å². The quantitative estimate of drug-likeness (QED) is 0.0468. The number of ether oxygens (including phenoxy) is 2. The maximum atomic E-state index is 12.8. The molecule has 1 amide bonds. The smallest absolute Gasteiger partial charge is 0.220 e. The van der Waals surface area contributed by atoms with E-state index in [1.807, 2.05) is 6.08 Å². The van der Waals surface area contributed by atoms with Gasteiger partial charge in [-0.05, 0) is 64.2 Å². The van der Waals surface area contributed by atoms with Gasteiger partial charge in [0, 0.05) is 6.42 Å². The van der Waals surface area contributed by atoms with Crippen molar-refractivity contribution < 1.29 is 39.8 Å². The van der Waals surface area contributed by atoms with Crippen molar-refractivity contribution in [3.8, 4) is 0 Å². The second-order valence-corrected chi connectivity index (χ2v) is 12.3. The number of aliphatic hydroxyl groups excluding tert-OH is 5. The van der Waals surface area contributed by atoms with Gasteiger partial charge >= 0.3 is 0 Å². The highest BCUT2D eigenvalue weighted by Crippen LogP contribution is 2.22. The van der Waals surface area contributed by atoms with Crippen molar-refractivity contribution in [2.75, 3.05) is 13.2 Å². The second-order valence-electron chi connectivity index (χ2n) is 12.3. The van der Waals surface area contributed by atoms with Crippen molar-refractivity contribution >= 4 is 5.91 Å². The fourth-order valence-electron chi connectivity index (χ4n) is 5.06. The third-order valence-electron chi connectivity index (χ3n) is 8.04. The monoisotopic (exact) mass is 675 g/mol. The lowest BCUT2D eigenvalue weighted by Gasteiger charge is -2.40. The molecule has 1 aliphatic rings. The lowest BCUT2D eigenvalue weighted by molar-refractivity contribution is -0.302. The lowest BCUT2D eigenvalue weighted by atomic mass is 9.99. The van der Waals surface area contributed by atoms with Crippen LogP contribution in [0.3, 0.4) is 0 Å². The molecule has 0 bridgehead atoms. The summed E-state index contributed by atoms with van der Waals surface area (Å²) in [6.45, 7) is 3.50. The van der Waals surface area contributed by atoms with E-state index in [9.17, 15) is 30.3 Å². The number of carbonyl (C=O) groups excluding carboxylic acids is 1. The Bertz CT molecular complexity index is 973. The van der Waals surface area contributed by atoms with Crippen molar-refractivity contribution in [1.29, 1.82) is 0 Å². The van der Waals surface area contributed by atoms with E-state index >= 15 is 0 Å². The number of carbonyl (C=O) groups is 1. The first-order valence-corrected chi connectivity index (χ1v) is 18.2. The van der Waals surface area contributed by atoms with Crippen LogP contribution in [0.5, 0.6) is 0 Å². The second kappa shape index (κ2) is 29.5. The first-order chi connectivity index (χ1) is 23.3. The Balaban J connectivity index is 2.40. The zero-order chi connectivity index (χ0) is 35.2. The van der Waals surface area contributed by atoms with Crippen LogP contribution < -0.4 is 5.32 Å². The van der Waals surface area contributed by atoms with E-state index in [0.717, 1.165) is 83.5 Å². The van der Waals surface area contributed by atoms with Crippen molar-refractivity contribution in [1.82, 2.24) is 5.32 Å². The fraction of sp³-hybridized carbons (Fsp3) is 0.667. The summed E-state index contributed by atoms with van der Waals surface area (Å²) in [7, 11) is 0. The van der Waals surface area contributed by atoms with Crippen LogP contribution in [0.15, 0.2) is 72.9 Å².